The lowest BCUT2D eigenvalue weighted by atomic mass is 9.95. The van der Waals surface area contributed by atoms with Gasteiger partial charge >= 0.3 is 11.9 Å². The molecule has 0 heterocycles. The molecule has 1 aliphatic rings. The molecule has 0 N–H and O–H groups in total. The van der Waals surface area contributed by atoms with Crippen molar-refractivity contribution in [2.45, 2.75) is 31.8 Å². The van der Waals surface area contributed by atoms with Crippen LogP contribution < -0.4 is 0 Å². The maximum Gasteiger partial charge on any atom is 0.351 e. The normalized spacial score (nSPS) is 17.2. The zero-order chi connectivity index (χ0) is 12.0. The Morgan fingerprint density at radius 2 is 2.25 bits per heavy atom. The monoisotopic (exact) mass is 246 g/mol. The van der Waals surface area contributed by atoms with Crippen LogP contribution in [0.3, 0.4) is 0 Å². The number of hydrogen-bond acceptors (Lipinski definition) is 4. The van der Waals surface area contributed by atoms with Crippen LogP contribution in [0, 0.1) is 0 Å². The van der Waals surface area contributed by atoms with Gasteiger partial charge in [0.05, 0.1) is 7.11 Å². The molecule has 0 unspecified atom stereocenters. The van der Waals surface area contributed by atoms with Crippen LogP contribution >= 0.6 is 11.6 Å². The van der Waals surface area contributed by atoms with Crippen molar-refractivity contribution >= 4 is 23.5 Å². The van der Waals surface area contributed by atoms with Crippen molar-refractivity contribution in [3.05, 3.63) is 11.6 Å². The van der Waals surface area contributed by atoms with Gasteiger partial charge in [-0.1, -0.05) is 6.08 Å². The molecule has 0 saturated carbocycles. The highest BCUT2D eigenvalue weighted by atomic mass is 35.5. The van der Waals surface area contributed by atoms with E-state index in [2.05, 4.69) is 4.74 Å². The van der Waals surface area contributed by atoms with E-state index in [9.17, 15) is 9.59 Å². The van der Waals surface area contributed by atoms with E-state index in [4.69, 9.17) is 16.3 Å². The van der Waals surface area contributed by atoms with Crippen LogP contribution in [0.1, 0.15) is 25.7 Å². The lowest BCUT2D eigenvalue weighted by Gasteiger charge is -2.20. The number of rotatable bonds is 4. The smallest absolute Gasteiger partial charge is 0.351 e. The van der Waals surface area contributed by atoms with E-state index in [1.807, 2.05) is 6.08 Å². The van der Waals surface area contributed by atoms with E-state index in [0.29, 0.717) is 0 Å². The minimum absolute atomic E-state index is 0.263. The number of halogens is 1. The van der Waals surface area contributed by atoms with E-state index in [1.165, 1.54) is 7.11 Å². The molecule has 0 radical (unpaired) electrons. The number of allylic oxidation sites excluding steroid dienone is 1. The third-order valence-electron chi connectivity index (χ3n) is 2.44. The summed E-state index contributed by atoms with van der Waals surface area (Å²) in [5.41, 5.74) is 0.816. The zero-order valence-electron chi connectivity index (χ0n) is 9.20. The van der Waals surface area contributed by atoms with Gasteiger partial charge in [-0.2, -0.15) is 0 Å². The molecule has 5 heteroatoms. The predicted octanol–water partition coefficient (Wildman–Crippen LogP) is 1.81. The predicted molar refractivity (Wildman–Crippen MR) is 59.2 cm³/mol. The van der Waals surface area contributed by atoms with Crippen molar-refractivity contribution in [3.63, 3.8) is 0 Å². The summed E-state index contributed by atoms with van der Waals surface area (Å²) < 4.78 is 9.59. The molecule has 90 valence electrons. The number of esters is 2. The highest BCUT2D eigenvalue weighted by Crippen LogP contribution is 2.23. The fourth-order valence-corrected chi connectivity index (χ4v) is 1.71. The second-order valence-electron chi connectivity index (χ2n) is 3.55. The molecule has 1 aliphatic carbocycles. The highest BCUT2D eigenvalue weighted by molar-refractivity contribution is 6.26. The quantitative estimate of drug-likeness (QED) is 0.431. The summed E-state index contributed by atoms with van der Waals surface area (Å²) in [7, 11) is 1.27. The van der Waals surface area contributed by atoms with Crippen molar-refractivity contribution in [3.8, 4) is 0 Å². The van der Waals surface area contributed by atoms with E-state index < -0.39 is 18.0 Å². The Labute approximate surface area is 99.5 Å². The number of carbonyl (C=O) groups excluding carboxylic acids is 2. The van der Waals surface area contributed by atoms with Crippen molar-refractivity contribution < 1.29 is 19.1 Å². The molecule has 0 aromatic rings. The van der Waals surface area contributed by atoms with E-state index >= 15 is 0 Å². The molecular weight excluding hydrogens is 232 g/mol. The molecule has 0 fully saturated rings. The Bertz CT molecular complexity index is 298. The van der Waals surface area contributed by atoms with Crippen LogP contribution in [0.4, 0.5) is 0 Å². The molecule has 4 nitrogen and oxygen atoms in total. The molecule has 0 bridgehead atoms. The maximum absolute atomic E-state index is 11.5. The van der Waals surface area contributed by atoms with E-state index in [-0.39, 0.29) is 5.88 Å². The topological polar surface area (TPSA) is 52.6 Å². The fraction of sp³-hybridized carbons (Fsp3) is 0.636. The number of methoxy groups -OCH3 is 1. The molecule has 0 amide bonds. The Hall–Kier alpha value is -1.03. The SMILES string of the molecule is COC(=O)[C@@H](OC(=O)CCl)C1=CCCCC1. The molecule has 0 aromatic carbocycles. The molecule has 0 spiro atoms. The first-order valence-corrected chi connectivity index (χ1v) is 5.74. The number of ether oxygens (including phenoxy) is 2. The third kappa shape index (κ3) is 3.52. The first kappa shape index (κ1) is 13.0. The standard InChI is InChI=1S/C11H15ClO4/c1-15-11(14)10(16-9(13)7-12)8-5-3-2-4-6-8/h5,10H,2-4,6-7H2,1H3/t10-/m0/s1. The van der Waals surface area contributed by atoms with Crippen LogP contribution in [-0.4, -0.2) is 31.0 Å². The Morgan fingerprint density at radius 1 is 1.50 bits per heavy atom. The molecule has 0 saturated heterocycles. The minimum Gasteiger partial charge on any atom is -0.466 e. The van der Waals surface area contributed by atoms with Gasteiger partial charge < -0.3 is 9.47 Å². The van der Waals surface area contributed by atoms with Crippen LogP contribution in [-0.2, 0) is 19.1 Å². The van der Waals surface area contributed by atoms with E-state index in [1.54, 1.807) is 0 Å². The summed E-state index contributed by atoms with van der Waals surface area (Å²) in [4.78, 5) is 22.6. The lowest BCUT2D eigenvalue weighted by Crippen LogP contribution is -2.31. The Morgan fingerprint density at radius 3 is 2.75 bits per heavy atom. The van der Waals surface area contributed by atoms with Crippen LogP contribution in [0.15, 0.2) is 11.6 Å². The second kappa shape index (κ2) is 6.53. The summed E-state index contributed by atoms with van der Waals surface area (Å²) in [6, 6.07) is 0. The van der Waals surface area contributed by atoms with Gasteiger partial charge in [-0.15, -0.1) is 11.6 Å². The lowest BCUT2D eigenvalue weighted by molar-refractivity contribution is -0.161. The first-order valence-electron chi connectivity index (χ1n) is 5.21. The third-order valence-corrected chi connectivity index (χ3v) is 2.65. The second-order valence-corrected chi connectivity index (χ2v) is 3.82. The minimum atomic E-state index is -0.920. The van der Waals surface area contributed by atoms with Gasteiger partial charge in [0.15, 0.2) is 0 Å². The Balaban J connectivity index is 2.73. The molecule has 0 aromatic heterocycles. The van der Waals surface area contributed by atoms with Gasteiger partial charge in [0.2, 0.25) is 6.10 Å². The largest absolute Gasteiger partial charge is 0.466 e. The first-order chi connectivity index (χ1) is 7.69. The number of carbonyl (C=O) groups is 2. The average Bonchev–Trinajstić information content (AvgIpc) is 2.35. The summed E-state index contributed by atoms with van der Waals surface area (Å²) >= 11 is 5.34. The van der Waals surface area contributed by atoms with Crippen molar-refractivity contribution in [2.75, 3.05) is 13.0 Å². The molecular formula is C11H15ClO4. The van der Waals surface area contributed by atoms with Crippen LogP contribution in [0.5, 0.6) is 0 Å². The van der Waals surface area contributed by atoms with Gasteiger partial charge in [-0.3, -0.25) is 4.79 Å². The zero-order valence-corrected chi connectivity index (χ0v) is 9.96. The summed E-state index contributed by atoms with van der Waals surface area (Å²) in [5.74, 6) is -1.42. The molecule has 0 aliphatic heterocycles. The van der Waals surface area contributed by atoms with Crippen LogP contribution in [0.25, 0.3) is 0 Å². The Kier molecular flexibility index (Phi) is 5.32. The van der Waals surface area contributed by atoms with Crippen molar-refractivity contribution in [1.29, 1.82) is 0 Å². The summed E-state index contributed by atoms with van der Waals surface area (Å²) in [6.07, 6.45) is 4.78. The van der Waals surface area contributed by atoms with Gasteiger partial charge in [0.1, 0.15) is 5.88 Å². The van der Waals surface area contributed by atoms with Crippen LogP contribution in [0.2, 0.25) is 0 Å². The molecule has 1 rings (SSSR count). The summed E-state index contributed by atoms with van der Waals surface area (Å²) in [6.45, 7) is 0. The van der Waals surface area contributed by atoms with Gasteiger partial charge in [-0.05, 0) is 31.3 Å². The molecule has 16 heavy (non-hydrogen) atoms. The van der Waals surface area contributed by atoms with Gasteiger partial charge in [-0.25, -0.2) is 4.79 Å². The number of hydrogen-bond donors (Lipinski definition) is 0. The van der Waals surface area contributed by atoms with Crippen molar-refractivity contribution in [1.82, 2.24) is 0 Å². The molecule has 1 atom stereocenters. The fourth-order valence-electron chi connectivity index (χ4n) is 1.65. The van der Waals surface area contributed by atoms with E-state index in [0.717, 1.165) is 31.3 Å². The number of alkyl halides is 1. The highest BCUT2D eigenvalue weighted by Gasteiger charge is 2.28. The maximum atomic E-state index is 11.5. The van der Waals surface area contributed by atoms with Crippen molar-refractivity contribution in [2.24, 2.45) is 0 Å². The average molecular weight is 247 g/mol. The van der Waals surface area contributed by atoms with Gasteiger partial charge in [0.25, 0.3) is 0 Å². The summed E-state index contributed by atoms with van der Waals surface area (Å²) in [5, 5.41) is 0. The van der Waals surface area contributed by atoms with Gasteiger partial charge in [0, 0.05) is 0 Å².